The summed E-state index contributed by atoms with van der Waals surface area (Å²) in [7, 11) is 0. The number of halogens is 2. The lowest BCUT2D eigenvalue weighted by atomic mass is 9.75. The van der Waals surface area contributed by atoms with E-state index in [0.29, 0.717) is 5.69 Å². The monoisotopic (exact) mass is 472 g/mol. The number of benzene rings is 1. The van der Waals surface area contributed by atoms with Crippen LogP contribution in [0.5, 0.6) is 5.75 Å². The molecule has 1 saturated carbocycles. The van der Waals surface area contributed by atoms with Crippen LogP contribution in [0.4, 0.5) is 10.5 Å². The lowest BCUT2D eigenvalue weighted by Crippen LogP contribution is -2.35. The Bertz CT molecular complexity index is 807. The van der Waals surface area contributed by atoms with Gasteiger partial charge in [0, 0.05) is 11.1 Å². The van der Waals surface area contributed by atoms with Crippen molar-refractivity contribution in [2.45, 2.75) is 59.8 Å². The van der Waals surface area contributed by atoms with Crippen LogP contribution in [0, 0.1) is 10.8 Å². The normalized spacial score (nSPS) is 15.7. The lowest BCUT2D eigenvalue weighted by Gasteiger charge is -2.32. The van der Waals surface area contributed by atoms with Crippen LogP contribution in [0.25, 0.3) is 0 Å². The number of carbonyl (C=O) groups excluding carboxylic acids is 3. The van der Waals surface area contributed by atoms with Gasteiger partial charge in [-0.05, 0) is 45.7 Å². The van der Waals surface area contributed by atoms with E-state index in [1.807, 2.05) is 6.92 Å². The Morgan fingerprint density at radius 2 is 1.65 bits per heavy atom. The molecule has 0 heterocycles. The average Bonchev–Trinajstić information content (AvgIpc) is 2.67. The number of amides is 2. The van der Waals surface area contributed by atoms with E-state index in [4.69, 9.17) is 32.7 Å². The standard InChI is InChI=1S/C22H30Cl2N2O5/c1-21(2,3)19(28)30-11-10-25-20(29)31-17-15(23)12-14(13-16(17)24)26-18(27)22(4)8-6-5-7-9-22/h12-13H,5-11H2,1-4H3,(H,25,29)(H,26,27). The Kier molecular flexibility index (Phi) is 8.60. The first-order valence-corrected chi connectivity index (χ1v) is 11.1. The molecule has 0 bridgehead atoms. The number of anilines is 1. The highest BCUT2D eigenvalue weighted by molar-refractivity contribution is 6.38. The van der Waals surface area contributed by atoms with Crippen LogP contribution < -0.4 is 15.4 Å². The quantitative estimate of drug-likeness (QED) is 0.416. The van der Waals surface area contributed by atoms with Gasteiger partial charge in [-0.3, -0.25) is 9.59 Å². The molecule has 31 heavy (non-hydrogen) atoms. The number of hydrogen-bond donors (Lipinski definition) is 2. The van der Waals surface area contributed by atoms with Gasteiger partial charge in [0.05, 0.1) is 22.0 Å². The maximum absolute atomic E-state index is 12.7. The van der Waals surface area contributed by atoms with Crippen molar-refractivity contribution in [1.29, 1.82) is 0 Å². The second-order valence-electron chi connectivity index (χ2n) is 9.05. The highest BCUT2D eigenvalue weighted by atomic mass is 35.5. The van der Waals surface area contributed by atoms with Crippen molar-refractivity contribution < 1.29 is 23.9 Å². The van der Waals surface area contributed by atoms with Crippen LogP contribution >= 0.6 is 23.2 Å². The topological polar surface area (TPSA) is 93.7 Å². The van der Waals surface area contributed by atoms with Crippen molar-refractivity contribution >= 4 is 46.9 Å². The Morgan fingerprint density at radius 3 is 2.19 bits per heavy atom. The number of rotatable bonds is 6. The van der Waals surface area contributed by atoms with Crippen molar-refractivity contribution in [2.24, 2.45) is 10.8 Å². The lowest BCUT2D eigenvalue weighted by molar-refractivity contribution is -0.152. The van der Waals surface area contributed by atoms with Gasteiger partial charge in [-0.2, -0.15) is 0 Å². The Labute approximate surface area is 193 Å². The second kappa shape index (κ2) is 10.6. The fraction of sp³-hybridized carbons (Fsp3) is 0.591. The van der Waals surface area contributed by atoms with E-state index in [1.165, 1.54) is 12.1 Å². The van der Waals surface area contributed by atoms with Crippen LogP contribution in [0.3, 0.4) is 0 Å². The molecule has 0 spiro atoms. The van der Waals surface area contributed by atoms with E-state index in [-0.39, 0.29) is 40.8 Å². The first kappa shape index (κ1) is 25.3. The van der Waals surface area contributed by atoms with Gasteiger partial charge in [0.1, 0.15) is 6.61 Å². The number of esters is 1. The third kappa shape index (κ3) is 7.28. The summed E-state index contributed by atoms with van der Waals surface area (Å²) >= 11 is 12.5. The SMILES string of the molecule is CC(C)(C)C(=O)OCCNC(=O)Oc1c(Cl)cc(NC(=O)C2(C)CCCCC2)cc1Cl. The first-order valence-electron chi connectivity index (χ1n) is 10.4. The van der Waals surface area contributed by atoms with Crippen molar-refractivity contribution in [1.82, 2.24) is 5.32 Å². The Morgan fingerprint density at radius 1 is 1.06 bits per heavy atom. The van der Waals surface area contributed by atoms with Crippen LogP contribution in [-0.2, 0) is 14.3 Å². The van der Waals surface area contributed by atoms with Crippen molar-refractivity contribution in [2.75, 3.05) is 18.5 Å². The first-order chi connectivity index (χ1) is 14.4. The zero-order chi connectivity index (χ0) is 23.2. The number of carbonyl (C=O) groups is 3. The molecule has 0 saturated heterocycles. The molecule has 1 aliphatic rings. The molecule has 0 radical (unpaired) electrons. The van der Waals surface area contributed by atoms with E-state index in [2.05, 4.69) is 10.6 Å². The third-order valence-corrected chi connectivity index (χ3v) is 5.73. The fourth-order valence-electron chi connectivity index (χ4n) is 3.21. The minimum atomic E-state index is -0.790. The van der Waals surface area contributed by atoms with Gasteiger partial charge in [0.2, 0.25) is 5.91 Å². The van der Waals surface area contributed by atoms with Gasteiger partial charge in [-0.1, -0.05) is 49.4 Å². The number of ether oxygens (including phenoxy) is 2. The molecule has 0 atom stereocenters. The highest BCUT2D eigenvalue weighted by Crippen LogP contribution is 2.39. The predicted molar refractivity (Wildman–Crippen MR) is 121 cm³/mol. The van der Waals surface area contributed by atoms with Crippen LogP contribution in [0.1, 0.15) is 59.8 Å². The zero-order valence-electron chi connectivity index (χ0n) is 18.4. The van der Waals surface area contributed by atoms with Crippen LogP contribution in [0.15, 0.2) is 12.1 Å². The predicted octanol–water partition coefficient (Wildman–Crippen LogP) is 5.58. The molecule has 0 aliphatic heterocycles. The maximum Gasteiger partial charge on any atom is 0.412 e. The molecule has 2 N–H and O–H groups in total. The summed E-state index contributed by atoms with van der Waals surface area (Å²) in [4.78, 5) is 36.4. The molecular formula is C22H30Cl2N2O5. The molecule has 2 rings (SSSR count). The zero-order valence-corrected chi connectivity index (χ0v) is 19.9. The van der Waals surface area contributed by atoms with Gasteiger partial charge in [0.15, 0.2) is 5.75 Å². The van der Waals surface area contributed by atoms with Crippen LogP contribution in [-0.4, -0.2) is 31.1 Å². The largest absolute Gasteiger partial charge is 0.463 e. The van der Waals surface area contributed by atoms with E-state index < -0.39 is 16.9 Å². The maximum atomic E-state index is 12.7. The molecular weight excluding hydrogens is 443 g/mol. The molecule has 9 heteroatoms. The number of nitrogens with one attached hydrogen (secondary N) is 2. The molecule has 1 aromatic carbocycles. The van der Waals surface area contributed by atoms with Crippen molar-refractivity contribution in [3.8, 4) is 5.75 Å². The second-order valence-corrected chi connectivity index (χ2v) is 9.86. The summed E-state index contributed by atoms with van der Waals surface area (Å²) in [6.45, 7) is 7.26. The fourth-order valence-corrected chi connectivity index (χ4v) is 3.78. The molecule has 1 aliphatic carbocycles. The molecule has 2 amide bonds. The minimum absolute atomic E-state index is 0.0103. The third-order valence-electron chi connectivity index (χ3n) is 5.17. The van der Waals surface area contributed by atoms with E-state index >= 15 is 0 Å². The summed E-state index contributed by atoms with van der Waals surface area (Å²) in [5.74, 6) is -0.460. The minimum Gasteiger partial charge on any atom is -0.463 e. The van der Waals surface area contributed by atoms with Crippen molar-refractivity contribution in [3.63, 3.8) is 0 Å². The van der Waals surface area contributed by atoms with E-state index in [1.54, 1.807) is 20.8 Å². The summed E-state index contributed by atoms with van der Waals surface area (Å²) < 4.78 is 10.2. The molecule has 0 aromatic heterocycles. The average molecular weight is 473 g/mol. The van der Waals surface area contributed by atoms with E-state index in [9.17, 15) is 14.4 Å². The van der Waals surface area contributed by atoms with Crippen LogP contribution in [0.2, 0.25) is 10.0 Å². The molecule has 1 fully saturated rings. The molecule has 7 nitrogen and oxygen atoms in total. The summed E-state index contributed by atoms with van der Waals surface area (Å²) in [5, 5.41) is 5.51. The van der Waals surface area contributed by atoms with Gasteiger partial charge in [-0.25, -0.2) is 4.79 Å². The van der Waals surface area contributed by atoms with Gasteiger partial charge in [0.25, 0.3) is 0 Å². The number of hydrogen-bond acceptors (Lipinski definition) is 5. The molecule has 172 valence electrons. The Hall–Kier alpha value is -1.99. The van der Waals surface area contributed by atoms with Crippen molar-refractivity contribution in [3.05, 3.63) is 22.2 Å². The molecule has 1 aromatic rings. The molecule has 0 unspecified atom stereocenters. The Balaban J connectivity index is 1.90. The van der Waals surface area contributed by atoms with Gasteiger partial charge >= 0.3 is 12.1 Å². The summed E-state index contributed by atoms with van der Waals surface area (Å²) in [6, 6.07) is 2.98. The van der Waals surface area contributed by atoms with Gasteiger partial charge < -0.3 is 20.1 Å². The van der Waals surface area contributed by atoms with E-state index in [0.717, 1.165) is 32.1 Å². The summed E-state index contributed by atoms with van der Waals surface area (Å²) in [5.41, 5.74) is -0.593. The smallest absolute Gasteiger partial charge is 0.412 e. The summed E-state index contributed by atoms with van der Waals surface area (Å²) in [6.07, 6.45) is 4.10. The van der Waals surface area contributed by atoms with Gasteiger partial charge in [-0.15, -0.1) is 0 Å². The highest BCUT2D eigenvalue weighted by Gasteiger charge is 2.34.